The van der Waals surface area contributed by atoms with E-state index in [9.17, 15) is 13.2 Å². The molecule has 3 rings (SSSR count). The van der Waals surface area contributed by atoms with E-state index in [0.717, 1.165) is 16.9 Å². The molecule has 0 bridgehead atoms. The highest BCUT2D eigenvalue weighted by molar-refractivity contribution is 7.91. The highest BCUT2D eigenvalue weighted by Gasteiger charge is 2.32. The zero-order valence-corrected chi connectivity index (χ0v) is 15.9. The molecule has 1 N–H and O–H groups in total. The first-order valence-electron chi connectivity index (χ1n) is 8.04. The van der Waals surface area contributed by atoms with Crippen molar-refractivity contribution in [2.24, 2.45) is 5.92 Å². The van der Waals surface area contributed by atoms with Gasteiger partial charge in [0, 0.05) is 25.6 Å². The fraction of sp³-hybridized carbons (Fsp3) is 0.353. The highest BCUT2D eigenvalue weighted by atomic mass is 35.5. The SMILES string of the molecule is O=C(NCc1ccccc1)C1CCN(S(=O)(=O)c2ccc(Cl)s2)CC1. The zero-order chi connectivity index (χ0) is 17.9. The van der Waals surface area contributed by atoms with E-state index in [1.165, 1.54) is 10.4 Å². The van der Waals surface area contributed by atoms with Gasteiger partial charge in [0.05, 0.1) is 4.34 Å². The summed E-state index contributed by atoms with van der Waals surface area (Å²) in [7, 11) is -3.51. The summed E-state index contributed by atoms with van der Waals surface area (Å²) < 4.78 is 27.3. The summed E-state index contributed by atoms with van der Waals surface area (Å²) in [5.74, 6) is -0.165. The Bertz CT molecular complexity index is 829. The molecule has 0 aliphatic carbocycles. The maximum Gasteiger partial charge on any atom is 0.252 e. The number of thiophene rings is 1. The van der Waals surface area contributed by atoms with Gasteiger partial charge in [0.15, 0.2) is 0 Å². The molecule has 1 aliphatic rings. The van der Waals surface area contributed by atoms with Gasteiger partial charge in [-0.2, -0.15) is 4.31 Å². The molecule has 1 amide bonds. The molecule has 1 fully saturated rings. The second-order valence-electron chi connectivity index (χ2n) is 5.94. The van der Waals surface area contributed by atoms with Crippen LogP contribution in [-0.4, -0.2) is 31.7 Å². The van der Waals surface area contributed by atoms with Crippen molar-refractivity contribution in [3.05, 3.63) is 52.4 Å². The molecule has 8 heteroatoms. The van der Waals surface area contributed by atoms with E-state index in [-0.39, 0.29) is 16.0 Å². The Morgan fingerprint density at radius 3 is 2.44 bits per heavy atom. The number of carbonyl (C=O) groups excluding carboxylic acids is 1. The van der Waals surface area contributed by atoms with Gasteiger partial charge in [0.25, 0.3) is 10.0 Å². The quantitative estimate of drug-likeness (QED) is 0.841. The molecule has 1 aromatic carbocycles. The van der Waals surface area contributed by atoms with Gasteiger partial charge in [-0.15, -0.1) is 11.3 Å². The summed E-state index contributed by atoms with van der Waals surface area (Å²) in [5, 5.41) is 2.93. The zero-order valence-electron chi connectivity index (χ0n) is 13.5. The van der Waals surface area contributed by atoms with Crippen LogP contribution >= 0.6 is 22.9 Å². The molecule has 25 heavy (non-hydrogen) atoms. The van der Waals surface area contributed by atoms with Crippen molar-refractivity contribution >= 4 is 38.9 Å². The van der Waals surface area contributed by atoms with Crippen molar-refractivity contribution < 1.29 is 13.2 Å². The number of rotatable bonds is 5. The lowest BCUT2D eigenvalue weighted by atomic mass is 9.97. The van der Waals surface area contributed by atoms with Crippen LogP contribution in [0.2, 0.25) is 4.34 Å². The van der Waals surface area contributed by atoms with E-state index < -0.39 is 10.0 Å². The third-order valence-electron chi connectivity index (χ3n) is 4.28. The van der Waals surface area contributed by atoms with Crippen molar-refractivity contribution in [1.29, 1.82) is 0 Å². The van der Waals surface area contributed by atoms with Gasteiger partial charge < -0.3 is 5.32 Å². The number of nitrogens with zero attached hydrogens (tertiary/aromatic N) is 1. The third kappa shape index (κ3) is 4.41. The Morgan fingerprint density at radius 1 is 1.16 bits per heavy atom. The Kier molecular flexibility index (Phi) is 5.78. The van der Waals surface area contributed by atoms with Crippen LogP contribution in [0.15, 0.2) is 46.7 Å². The Balaban J connectivity index is 1.54. The van der Waals surface area contributed by atoms with Gasteiger partial charge >= 0.3 is 0 Å². The van der Waals surface area contributed by atoms with Crippen molar-refractivity contribution in [2.75, 3.05) is 13.1 Å². The molecule has 0 spiro atoms. The highest BCUT2D eigenvalue weighted by Crippen LogP contribution is 2.30. The Labute approximate surface area is 156 Å². The lowest BCUT2D eigenvalue weighted by Gasteiger charge is -2.30. The standard InChI is InChI=1S/C17H19ClN2O3S2/c18-15-6-7-16(24-15)25(22,23)20-10-8-14(9-11-20)17(21)19-12-13-4-2-1-3-5-13/h1-7,14H,8-12H2,(H,19,21). The van der Waals surface area contributed by atoms with E-state index in [0.29, 0.717) is 36.8 Å². The molecular formula is C17H19ClN2O3S2. The molecule has 0 atom stereocenters. The number of piperidine rings is 1. The molecule has 2 heterocycles. The Morgan fingerprint density at radius 2 is 1.84 bits per heavy atom. The average molecular weight is 399 g/mol. The van der Waals surface area contributed by atoms with Crippen LogP contribution < -0.4 is 5.32 Å². The smallest absolute Gasteiger partial charge is 0.252 e. The third-order valence-corrected chi connectivity index (χ3v) is 7.87. The first-order valence-corrected chi connectivity index (χ1v) is 10.7. The Hall–Kier alpha value is -1.41. The number of nitrogens with one attached hydrogen (secondary N) is 1. The number of benzene rings is 1. The topological polar surface area (TPSA) is 66.5 Å². The summed E-state index contributed by atoms with van der Waals surface area (Å²) in [5.41, 5.74) is 1.05. The number of hydrogen-bond donors (Lipinski definition) is 1. The molecule has 1 saturated heterocycles. The molecule has 5 nitrogen and oxygen atoms in total. The van der Waals surface area contributed by atoms with Gasteiger partial charge in [-0.25, -0.2) is 8.42 Å². The monoisotopic (exact) mass is 398 g/mol. The second-order valence-corrected chi connectivity index (χ2v) is 9.82. The van der Waals surface area contributed by atoms with Crippen LogP contribution in [0.25, 0.3) is 0 Å². The molecular weight excluding hydrogens is 380 g/mol. The first kappa shape index (κ1) is 18.4. The van der Waals surface area contributed by atoms with Gasteiger partial charge in [0.1, 0.15) is 4.21 Å². The van der Waals surface area contributed by atoms with E-state index in [2.05, 4.69) is 5.32 Å². The minimum Gasteiger partial charge on any atom is -0.352 e. The summed E-state index contributed by atoms with van der Waals surface area (Å²) >= 11 is 6.90. The minimum atomic E-state index is -3.51. The van der Waals surface area contributed by atoms with E-state index in [4.69, 9.17) is 11.6 Å². The van der Waals surface area contributed by atoms with Crippen LogP contribution in [0.3, 0.4) is 0 Å². The van der Waals surface area contributed by atoms with E-state index >= 15 is 0 Å². The first-order chi connectivity index (χ1) is 12.0. The molecule has 0 saturated carbocycles. The van der Waals surface area contributed by atoms with Crippen molar-refractivity contribution in [2.45, 2.75) is 23.6 Å². The van der Waals surface area contributed by atoms with Crippen molar-refractivity contribution in [1.82, 2.24) is 9.62 Å². The van der Waals surface area contributed by atoms with Gasteiger partial charge in [-0.1, -0.05) is 41.9 Å². The van der Waals surface area contributed by atoms with Crippen molar-refractivity contribution in [3.63, 3.8) is 0 Å². The van der Waals surface area contributed by atoms with Crippen LogP contribution in [0.5, 0.6) is 0 Å². The van der Waals surface area contributed by atoms with Crippen LogP contribution in [0, 0.1) is 5.92 Å². The predicted molar refractivity (Wildman–Crippen MR) is 99.1 cm³/mol. The van der Waals surface area contributed by atoms with Gasteiger partial charge in [-0.3, -0.25) is 4.79 Å². The van der Waals surface area contributed by atoms with Gasteiger partial charge in [0.2, 0.25) is 5.91 Å². The normalized spacial score (nSPS) is 16.7. The van der Waals surface area contributed by atoms with Crippen LogP contribution in [0.4, 0.5) is 0 Å². The van der Waals surface area contributed by atoms with Crippen molar-refractivity contribution in [3.8, 4) is 0 Å². The molecule has 0 radical (unpaired) electrons. The predicted octanol–water partition coefficient (Wildman–Crippen LogP) is 3.12. The number of halogens is 1. The average Bonchev–Trinajstić information content (AvgIpc) is 3.08. The lowest BCUT2D eigenvalue weighted by molar-refractivity contribution is -0.126. The maximum atomic E-state index is 12.6. The number of amides is 1. The summed E-state index contributed by atoms with van der Waals surface area (Å²) in [6.45, 7) is 1.19. The van der Waals surface area contributed by atoms with Crippen LogP contribution in [-0.2, 0) is 21.4 Å². The second kappa shape index (κ2) is 7.86. The molecule has 1 aromatic heterocycles. The molecule has 1 aliphatic heterocycles. The maximum absolute atomic E-state index is 12.6. The summed E-state index contributed by atoms with van der Waals surface area (Å²) in [4.78, 5) is 12.3. The molecule has 0 unspecified atom stereocenters. The lowest BCUT2D eigenvalue weighted by Crippen LogP contribution is -2.42. The van der Waals surface area contributed by atoms with Gasteiger partial charge in [-0.05, 0) is 30.5 Å². The molecule has 134 valence electrons. The summed E-state index contributed by atoms with van der Waals surface area (Å²) in [6.07, 6.45) is 1.05. The summed E-state index contributed by atoms with van der Waals surface area (Å²) in [6, 6.07) is 12.8. The largest absolute Gasteiger partial charge is 0.352 e. The van der Waals surface area contributed by atoms with E-state index in [1.54, 1.807) is 6.07 Å². The number of sulfonamides is 1. The number of carbonyl (C=O) groups is 1. The minimum absolute atomic E-state index is 0.0138. The fourth-order valence-corrected chi connectivity index (χ4v) is 5.96. The molecule has 2 aromatic rings. The van der Waals surface area contributed by atoms with Crippen LogP contribution in [0.1, 0.15) is 18.4 Å². The number of hydrogen-bond acceptors (Lipinski definition) is 4. The van der Waals surface area contributed by atoms with E-state index in [1.807, 2.05) is 30.3 Å². The fourth-order valence-electron chi connectivity index (χ4n) is 2.85.